The smallest absolute Gasteiger partial charge is 0.302 e. The summed E-state index contributed by atoms with van der Waals surface area (Å²) in [4.78, 5) is 35.9. The molecule has 0 saturated carbocycles. The lowest BCUT2D eigenvalue weighted by atomic mass is 9.95. The standard InChI is InChI=1S/C28H24ClN3O6/c1-4-38-18-9-11-20(29)19(13-18)25(33)23-24(15-5-7-16(36-2)8-6-15)32(27(35)26(23)34)28-30-21-12-10-17(37-3)14-22(21)31-28/h5-14,24,33H,4H2,1-3H3,(H,30,31)/b25-23+. The van der Waals surface area contributed by atoms with Gasteiger partial charge < -0.3 is 24.3 Å². The first-order valence-corrected chi connectivity index (χ1v) is 12.2. The summed E-state index contributed by atoms with van der Waals surface area (Å²) in [6.07, 6.45) is 0. The van der Waals surface area contributed by atoms with Gasteiger partial charge in [-0.05, 0) is 55.0 Å². The minimum atomic E-state index is -1.00. The number of aliphatic hydroxyl groups is 1. The zero-order chi connectivity index (χ0) is 27.0. The summed E-state index contributed by atoms with van der Waals surface area (Å²) in [5, 5.41) is 11.7. The van der Waals surface area contributed by atoms with E-state index in [1.807, 2.05) is 6.92 Å². The number of methoxy groups -OCH3 is 2. The Morgan fingerprint density at radius 3 is 2.37 bits per heavy atom. The molecule has 1 saturated heterocycles. The minimum absolute atomic E-state index is 0.131. The number of fused-ring (bicyclic) bond motifs is 1. The molecule has 0 bridgehead atoms. The molecule has 1 unspecified atom stereocenters. The lowest BCUT2D eigenvalue weighted by molar-refractivity contribution is -0.132. The van der Waals surface area contributed by atoms with Crippen LogP contribution in [0.1, 0.15) is 24.1 Å². The number of benzene rings is 3. The highest BCUT2D eigenvalue weighted by Crippen LogP contribution is 2.43. The highest BCUT2D eigenvalue weighted by molar-refractivity contribution is 6.51. The average molecular weight is 534 g/mol. The second-order valence-corrected chi connectivity index (χ2v) is 8.87. The predicted octanol–water partition coefficient (Wildman–Crippen LogP) is 5.26. The van der Waals surface area contributed by atoms with Crippen LogP contribution in [0.2, 0.25) is 5.02 Å². The first kappa shape index (κ1) is 25.2. The SMILES string of the molecule is CCOc1ccc(Cl)c(/C(O)=C2\C(=O)C(=O)N(c3nc4ccc(OC)cc4[nH]3)C2c2ccc(OC)cc2)c1. The number of Topliss-reactive ketones (excluding diaryl/α,β-unsaturated/α-hetero) is 1. The normalized spacial score (nSPS) is 16.7. The molecule has 194 valence electrons. The number of carbonyl (C=O) groups is 2. The molecule has 5 rings (SSSR count). The van der Waals surface area contributed by atoms with Crippen LogP contribution in [0.25, 0.3) is 16.8 Å². The molecular weight excluding hydrogens is 510 g/mol. The number of nitrogens with one attached hydrogen (secondary N) is 1. The number of amides is 1. The summed E-state index contributed by atoms with van der Waals surface area (Å²) in [5.41, 5.74) is 1.78. The van der Waals surface area contributed by atoms with Gasteiger partial charge in [0, 0.05) is 11.6 Å². The van der Waals surface area contributed by atoms with Crippen molar-refractivity contribution in [2.24, 2.45) is 0 Å². The molecule has 0 radical (unpaired) electrons. The Morgan fingerprint density at radius 1 is 1.00 bits per heavy atom. The van der Waals surface area contributed by atoms with E-state index < -0.39 is 23.5 Å². The maximum absolute atomic E-state index is 13.5. The van der Waals surface area contributed by atoms with Crippen LogP contribution in [-0.4, -0.2) is 47.6 Å². The van der Waals surface area contributed by atoms with Crippen LogP contribution < -0.4 is 19.1 Å². The summed E-state index contributed by atoms with van der Waals surface area (Å²) in [6, 6.07) is 15.8. The Bertz CT molecular complexity index is 1580. The molecule has 9 nitrogen and oxygen atoms in total. The molecule has 10 heteroatoms. The molecule has 3 aromatic carbocycles. The summed E-state index contributed by atoms with van der Waals surface area (Å²) in [6.45, 7) is 2.22. The minimum Gasteiger partial charge on any atom is -0.507 e. The number of rotatable bonds is 7. The monoisotopic (exact) mass is 533 g/mol. The van der Waals surface area contributed by atoms with Gasteiger partial charge in [-0.2, -0.15) is 0 Å². The number of ketones is 1. The highest BCUT2D eigenvalue weighted by Gasteiger charge is 2.48. The third kappa shape index (κ3) is 4.31. The first-order chi connectivity index (χ1) is 18.4. The van der Waals surface area contributed by atoms with E-state index in [1.165, 1.54) is 18.1 Å². The number of hydrogen-bond acceptors (Lipinski definition) is 7. The van der Waals surface area contributed by atoms with Crippen molar-refractivity contribution >= 4 is 46.0 Å². The summed E-state index contributed by atoms with van der Waals surface area (Å²) in [5.74, 6) is -0.353. The number of halogens is 1. The maximum Gasteiger partial charge on any atom is 0.302 e. The number of H-pyrrole nitrogens is 1. The van der Waals surface area contributed by atoms with Crippen LogP contribution in [0.4, 0.5) is 5.95 Å². The quantitative estimate of drug-likeness (QED) is 0.189. The molecule has 1 amide bonds. The molecule has 1 aliphatic rings. The van der Waals surface area contributed by atoms with Crippen molar-refractivity contribution in [3.05, 3.63) is 82.4 Å². The largest absolute Gasteiger partial charge is 0.507 e. The molecule has 2 N–H and O–H groups in total. The molecule has 1 aromatic heterocycles. The Morgan fingerprint density at radius 2 is 1.68 bits per heavy atom. The van der Waals surface area contributed by atoms with Crippen LogP contribution in [0.3, 0.4) is 0 Å². The number of aliphatic hydroxyl groups excluding tert-OH is 1. The second kappa shape index (κ2) is 10.1. The Labute approximate surface area is 223 Å². The average Bonchev–Trinajstić information content (AvgIpc) is 3.47. The van der Waals surface area contributed by atoms with E-state index in [9.17, 15) is 14.7 Å². The van der Waals surface area contributed by atoms with E-state index >= 15 is 0 Å². The van der Waals surface area contributed by atoms with Gasteiger partial charge in [0.25, 0.3) is 5.78 Å². The van der Waals surface area contributed by atoms with Crippen LogP contribution in [0.15, 0.2) is 66.2 Å². The van der Waals surface area contributed by atoms with Crippen molar-refractivity contribution in [3.8, 4) is 17.2 Å². The molecule has 2 heterocycles. The van der Waals surface area contributed by atoms with Gasteiger partial charge in [-0.25, -0.2) is 4.98 Å². The molecule has 1 atom stereocenters. The van der Waals surface area contributed by atoms with Gasteiger partial charge >= 0.3 is 5.91 Å². The van der Waals surface area contributed by atoms with Crippen LogP contribution >= 0.6 is 11.6 Å². The summed E-state index contributed by atoms with van der Waals surface area (Å²) >= 11 is 6.42. The molecule has 1 aliphatic heterocycles. The molecule has 0 aliphatic carbocycles. The van der Waals surface area contributed by atoms with Gasteiger partial charge in [-0.1, -0.05) is 23.7 Å². The Hall–Kier alpha value is -4.50. The third-order valence-corrected chi connectivity index (χ3v) is 6.61. The third-order valence-electron chi connectivity index (χ3n) is 6.28. The van der Waals surface area contributed by atoms with E-state index in [4.69, 9.17) is 25.8 Å². The lowest BCUT2D eigenvalue weighted by Gasteiger charge is -2.23. The zero-order valence-corrected chi connectivity index (χ0v) is 21.6. The number of imidazole rings is 1. The predicted molar refractivity (Wildman–Crippen MR) is 143 cm³/mol. The van der Waals surface area contributed by atoms with Crippen molar-refractivity contribution in [2.75, 3.05) is 25.7 Å². The second-order valence-electron chi connectivity index (χ2n) is 8.46. The maximum atomic E-state index is 13.5. The van der Waals surface area contributed by atoms with Gasteiger partial charge in [0.2, 0.25) is 5.95 Å². The number of nitrogens with zero attached hydrogens (tertiary/aromatic N) is 2. The fourth-order valence-corrected chi connectivity index (χ4v) is 4.66. The molecular formula is C28H24ClN3O6. The van der Waals surface area contributed by atoms with Crippen LogP contribution in [0.5, 0.6) is 17.2 Å². The van der Waals surface area contributed by atoms with E-state index in [2.05, 4.69) is 9.97 Å². The number of ether oxygens (including phenoxy) is 3. The van der Waals surface area contributed by atoms with Gasteiger partial charge in [0.05, 0.1) is 48.5 Å². The molecule has 1 fully saturated rings. The van der Waals surface area contributed by atoms with E-state index in [0.29, 0.717) is 40.5 Å². The fourth-order valence-electron chi connectivity index (χ4n) is 4.46. The van der Waals surface area contributed by atoms with E-state index in [1.54, 1.807) is 61.7 Å². The Balaban J connectivity index is 1.72. The van der Waals surface area contributed by atoms with Crippen molar-refractivity contribution in [1.29, 1.82) is 0 Å². The van der Waals surface area contributed by atoms with Gasteiger partial charge in [-0.3, -0.25) is 14.5 Å². The van der Waals surface area contributed by atoms with Gasteiger partial charge in [-0.15, -0.1) is 0 Å². The zero-order valence-electron chi connectivity index (χ0n) is 20.8. The van der Waals surface area contributed by atoms with Crippen LogP contribution in [0, 0.1) is 0 Å². The number of hydrogen-bond donors (Lipinski definition) is 2. The number of carbonyl (C=O) groups excluding carboxylic acids is 2. The topological polar surface area (TPSA) is 114 Å². The van der Waals surface area contributed by atoms with E-state index in [-0.39, 0.29) is 22.1 Å². The van der Waals surface area contributed by atoms with Crippen LogP contribution in [-0.2, 0) is 9.59 Å². The first-order valence-electron chi connectivity index (χ1n) is 11.8. The summed E-state index contributed by atoms with van der Waals surface area (Å²) in [7, 11) is 3.09. The fraction of sp³-hybridized carbons (Fsp3) is 0.179. The number of anilines is 1. The molecule has 0 spiro atoms. The summed E-state index contributed by atoms with van der Waals surface area (Å²) < 4.78 is 16.1. The van der Waals surface area contributed by atoms with Crippen molar-refractivity contribution in [2.45, 2.75) is 13.0 Å². The lowest BCUT2D eigenvalue weighted by Crippen LogP contribution is -2.30. The Kier molecular flexibility index (Phi) is 6.69. The van der Waals surface area contributed by atoms with Crippen molar-refractivity contribution in [1.82, 2.24) is 9.97 Å². The van der Waals surface area contributed by atoms with Gasteiger partial charge in [0.15, 0.2) is 0 Å². The molecule has 38 heavy (non-hydrogen) atoms. The highest BCUT2D eigenvalue weighted by atomic mass is 35.5. The van der Waals surface area contributed by atoms with Crippen molar-refractivity contribution in [3.63, 3.8) is 0 Å². The molecule has 4 aromatic rings. The number of aromatic nitrogens is 2. The van der Waals surface area contributed by atoms with Gasteiger partial charge in [0.1, 0.15) is 23.0 Å². The van der Waals surface area contributed by atoms with E-state index in [0.717, 1.165) is 0 Å². The van der Waals surface area contributed by atoms with Crippen molar-refractivity contribution < 1.29 is 28.9 Å². The number of aromatic amines is 1.